The van der Waals surface area contributed by atoms with Gasteiger partial charge in [0.25, 0.3) is 5.91 Å². The molecule has 2 heterocycles. The number of amides is 1. The number of carbonyl (C=O) groups is 1. The molecule has 0 saturated heterocycles. The third-order valence-electron chi connectivity index (χ3n) is 3.95. The predicted molar refractivity (Wildman–Crippen MR) is 102 cm³/mol. The van der Waals surface area contributed by atoms with Crippen LogP contribution in [0.5, 0.6) is 5.06 Å². The van der Waals surface area contributed by atoms with Crippen LogP contribution in [0.3, 0.4) is 0 Å². The first-order valence-corrected chi connectivity index (χ1v) is 9.96. The molecule has 0 spiro atoms. The van der Waals surface area contributed by atoms with Crippen LogP contribution in [0.2, 0.25) is 0 Å². The second kappa shape index (κ2) is 11.0. The minimum absolute atomic E-state index is 0.0709. The largest absolute Gasteiger partial charge is 0.484 e. The van der Waals surface area contributed by atoms with Gasteiger partial charge in [-0.2, -0.15) is 0 Å². The Morgan fingerprint density at radius 1 is 1.31 bits per heavy atom. The van der Waals surface area contributed by atoms with E-state index in [4.69, 9.17) is 14.4 Å². The van der Waals surface area contributed by atoms with Crippen molar-refractivity contribution in [1.29, 1.82) is 0 Å². The summed E-state index contributed by atoms with van der Waals surface area (Å²) in [6.45, 7) is 4.29. The Morgan fingerprint density at radius 3 is 2.81 bits per heavy atom. The van der Waals surface area contributed by atoms with E-state index in [1.807, 2.05) is 19.1 Å². The SMILES string of the molecule is Cc1cc(CCCCCCCOc2ccc(C(=O)N[C@@H](C)CO)s2)on1. The van der Waals surface area contributed by atoms with Gasteiger partial charge < -0.3 is 19.7 Å². The summed E-state index contributed by atoms with van der Waals surface area (Å²) in [6.07, 6.45) is 6.54. The number of unbranched alkanes of at least 4 members (excludes halogenated alkanes) is 4. The van der Waals surface area contributed by atoms with Crippen LogP contribution < -0.4 is 10.1 Å². The highest BCUT2D eigenvalue weighted by molar-refractivity contribution is 7.15. The maximum absolute atomic E-state index is 11.9. The van der Waals surface area contributed by atoms with Crippen molar-refractivity contribution in [3.05, 3.63) is 34.5 Å². The second-order valence-electron chi connectivity index (χ2n) is 6.48. The average molecular weight is 381 g/mol. The van der Waals surface area contributed by atoms with Crippen molar-refractivity contribution >= 4 is 17.2 Å². The Bertz CT molecular complexity index is 668. The molecule has 7 heteroatoms. The normalized spacial score (nSPS) is 12.1. The quantitative estimate of drug-likeness (QED) is 0.548. The zero-order chi connectivity index (χ0) is 18.8. The van der Waals surface area contributed by atoms with Crippen molar-refractivity contribution in [2.75, 3.05) is 13.2 Å². The standard InChI is InChI=1S/C19H28N2O4S/c1-14-12-16(25-21-14)8-6-4-3-5-7-11-24-18-10-9-17(26-18)19(23)20-15(2)13-22/h9-10,12,15,22H,3-8,11,13H2,1-2H3,(H,20,23)/t15-/m0/s1. The molecule has 2 N–H and O–H groups in total. The van der Waals surface area contributed by atoms with E-state index >= 15 is 0 Å². The molecule has 0 aliphatic rings. The number of aliphatic hydroxyl groups is 1. The fourth-order valence-corrected chi connectivity index (χ4v) is 3.28. The fraction of sp³-hybridized carbons (Fsp3) is 0.579. The number of thiophene rings is 1. The minimum atomic E-state index is -0.248. The molecule has 0 aromatic carbocycles. The highest BCUT2D eigenvalue weighted by Gasteiger charge is 2.12. The monoisotopic (exact) mass is 380 g/mol. The molecule has 0 fully saturated rings. The van der Waals surface area contributed by atoms with Crippen LogP contribution >= 0.6 is 11.3 Å². The number of ether oxygens (including phenoxy) is 1. The molecule has 0 bridgehead atoms. The van der Waals surface area contributed by atoms with E-state index in [0.29, 0.717) is 11.5 Å². The second-order valence-corrected chi connectivity index (χ2v) is 7.52. The molecular formula is C19H28N2O4S. The number of aromatic nitrogens is 1. The van der Waals surface area contributed by atoms with Gasteiger partial charge in [-0.05, 0) is 38.8 Å². The van der Waals surface area contributed by atoms with Gasteiger partial charge in [-0.1, -0.05) is 35.8 Å². The van der Waals surface area contributed by atoms with Gasteiger partial charge in [0.05, 0.1) is 23.8 Å². The Morgan fingerprint density at radius 2 is 2.08 bits per heavy atom. The van der Waals surface area contributed by atoms with Crippen LogP contribution in [0.15, 0.2) is 22.7 Å². The van der Waals surface area contributed by atoms with Gasteiger partial charge in [0.1, 0.15) is 5.76 Å². The molecule has 6 nitrogen and oxygen atoms in total. The van der Waals surface area contributed by atoms with E-state index in [0.717, 1.165) is 42.2 Å². The summed E-state index contributed by atoms with van der Waals surface area (Å²) in [5.74, 6) is 0.796. The summed E-state index contributed by atoms with van der Waals surface area (Å²) in [6, 6.07) is 5.32. The van der Waals surface area contributed by atoms with Crippen LogP contribution in [0, 0.1) is 6.92 Å². The first-order valence-electron chi connectivity index (χ1n) is 9.15. The molecule has 1 amide bonds. The third kappa shape index (κ3) is 7.17. The predicted octanol–water partition coefficient (Wildman–Crippen LogP) is 3.73. The van der Waals surface area contributed by atoms with Crippen molar-refractivity contribution in [3.63, 3.8) is 0 Å². The summed E-state index contributed by atoms with van der Waals surface area (Å²) in [5, 5.41) is 16.3. The molecule has 2 aromatic heterocycles. The summed E-state index contributed by atoms with van der Waals surface area (Å²) < 4.78 is 10.9. The fourth-order valence-electron chi connectivity index (χ4n) is 2.50. The zero-order valence-corrected chi connectivity index (χ0v) is 16.3. The van der Waals surface area contributed by atoms with E-state index in [2.05, 4.69) is 10.5 Å². The van der Waals surface area contributed by atoms with Gasteiger partial charge in [-0.25, -0.2) is 0 Å². The molecule has 0 unspecified atom stereocenters. The molecule has 0 saturated carbocycles. The van der Waals surface area contributed by atoms with Crippen LogP contribution in [-0.2, 0) is 6.42 Å². The lowest BCUT2D eigenvalue weighted by Gasteiger charge is -2.08. The van der Waals surface area contributed by atoms with Crippen molar-refractivity contribution in [2.45, 2.75) is 58.4 Å². The minimum Gasteiger partial charge on any atom is -0.484 e. The Hall–Kier alpha value is -1.86. The number of nitrogens with one attached hydrogen (secondary N) is 1. The van der Waals surface area contributed by atoms with Crippen LogP contribution in [0.4, 0.5) is 0 Å². The lowest BCUT2D eigenvalue weighted by molar-refractivity contribution is 0.0926. The van der Waals surface area contributed by atoms with Crippen LogP contribution in [0.25, 0.3) is 0 Å². The van der Waals surface area contributed by atoms with Crippen molar-refractivity contribution in [1.82, 2.24) is 10.5 Å². The molecule has 26 heavy (non-hydrogen) atoms. The number of nitrogens with zero attached hydrogens (tertiary/aromatic N) is 1. The lowest BCUT2D eigenvalue weighted by atomic mass is 10.1. The van der Waals surface area contributed by atoms with Gasteiger partial charge >= 0.3 is 0 Å². The summed E-state index contributed by atoms with van der Waals surface area (Å²) in [5.41, 5.74) is 0.939. The Kier molecular flexibility index (Phi) is 8.64. The van der Waals surface area contributed by atoms with E-state index in [-0.39, 0.29) is 18.6 Å². The number of rotatable bonds is 12. The Balaban J connectivity index is 1.52. The van der Waals surface area contributed by atoms with Crippen LogP contribution in [-0.4, -0.2) is 35.4 Å². The first-order chi connectivity index (χ1) is 12.6. The van der Waals surface area contributed by atoms with Gasteiger partial charge in [0, 0.05) is 18.5 Å². The summed E-state index contributed by atoms with van der Waals surface area (Å²) >= 11 is 1.33. The van der Waals surface area contributed by atoms with Gasteiger partial charge in [0.2, 0.25) is 0 Å². The molecule has 0 aliphatic carbocycles. The number of hydrogen-bond donors (Lipinski definition) is 2. The molecule has 1 atom stereocenters. The van der Waals surface area contributed by atoms with Gasteiger partial charge in [-0.15, -0.1) is 0 Å². The number of hydrogen-bond acceptors (Lipinski definition) is 6. The third-order valence-corrected chi connectivity index (χ3v) is 4.94. The molecule has 144 valence electrons. The van der Waals surface area contributed by atoms with Gasteiger partial charge in [-0.3, -0.25) is 4.79 Å². The average Bonchev–Trinajstić information content (AvgIpc) is 3.26. The van der Waals surface area contributed by atoms with E-state index in [9.17, 15) is 4.79 Å². The van der Waals surface area contributed by atoms with Crippen molar-refractivity contribution in [2.24, 2.45) is 0 Å². The van der Waals surface area contributed by atoms with E-state index in [1.54, 1.807) is 13.0 Å². The molecule has 2 rings (SSSR count). The summed E-state index contributed by atoms with van der Waals surface area (Å²) in [4.78, 5) is 12.5. The molecular weight excluding hydrogens is 352 g/mol. The molecule has 2 aromatic rings. The maximum Gasteiger partial charge on any atom is 0.261 e. The smallest absolute Gasteiger partial charge is 0.261 e. The number of aliphatic hydroxyl groups excluding tert-OH is 1. The van der Waals surface area contributed by atoms with Crippen LogP contribution in [0.1, 0.15) is 60.2 Å². The van der Waals surface area contributed by atoms with Crippen molar-refractivity contribution in [3.8, 4) is 5.06 Å². The topological polar surface area (TPSA) is 84.6 Å². The molecule has 0 aliphatic heterocycles. The number of carbonyl (C=O) groups excluding carboxylic acids is 1. The van der Waals surface area contributed by atoms with E-state index < -0.39 is 0 Å². The highest BCUT2D eigenvalue weighted by Crippen LogP contribution is 2.24. The molecule has 0 radical (unpaired) electrons. The van der Waals surface area contributed by atoms with E-state index in [1.165, 1.54) is 24.2 Å². The summed E-state index contributed by atoms with van der Waals surface area (Å²) in [7, 11) is 0. The maximum atomic E-state index is 11.9. The number of aryl methyl sites for hydroxylation is 2. The van der Waals surface area contributed by atoms with Gasteiger partial charge in [0.15, 0.2) is 5.06 Å². The van der Waals surface area contributed by atoms with Crippen molar-refractivity contribution < 1.29 is 19.2 Å². The zero-order valence-electron chi connectivity index (χ0n) is 15.5. The first kappa shape index (κ1) is 20.5. The highest BCUT2D eigenvalue weighted by atomic mass is 32.1. The lowest BCUT2D eigenvalue weighted by Crippen LogP contribution is -2.34. The Labute approximate surface area is 158 Å².